The number of nitrogens with zero attached hydrogens (tertiary/aromatic N) is 2. The zero-order chi connectivity index (χ0) is 22.8. The van der Waals surface area contributed by atoms with Crippen LogP contribution in [0.3, 0.4) is 0 Å². The normalized spacial score (nSPS) is 10.8. The van der Waals surface area contributed by atoms with Gasteiger partial charge in [-0.2, -0.15) is 0 Å². The minimum absolute atomic E-state index is 0.0439. The van der Waals surface area contributed by atoms with Gasteiger partial charge in [0.25, 0.3) is 5.91 Å². The van der Waals surface area contributed by atoms with Crippen molar-refractivity contribution in [2.75, 3.05) is 33.4 Å². The molecule has 0 aliphatic heterocycles. The van der Waals surface area contributed by atoms with Crippen LogP contribution in [-0.4, -0.2) is 55.0 Å². The molecule has 170 valence electrons. The molecule has 0 radical (unpaired) electrons. The molecule has 0 saturated heterocycles. The molecule has 7 heteroatoms. The molecule has 0 atom stereocenters. The smallest absolute Gasteiger partial charge is 0.290 e. The fraction of sp³-hybridized carbons (Fsp3) is 0.360. The summed E-state index contributed by atoms with van der Waals surface area (Å²) in [4.78, 5) is 29.5. The van der Waals surface area contributed by atoms with E-state index in [9.17, 15) is 9.59 Å². The van der Waals surface area contributed by atoms with Gasteiger partial charge in [-0.15, -0.1) is 0 Å². The molecular formula is C25H30N2O5. The molecule has 2 amide bonds. The van der Waals surface area contributed by atoms with Crippen molar-refractivity contribution < 1.29 is 23.2 Å². The predicted octanol–water partition coefficient (Wildman–Crippen LogP) is 3.93. The van der Waals surface area contributed by atoms with Crippen LogP contribution in [0.4, 0.5) is 0 Å². The number of furan rings is 2. The van der Waals surface area contributed by atoms with Crippen LogP contribution in [0.15, 0.2) is 69.7 Å². The van der Waals surface area contributed by atoms with Gasteiger partial charge < -0.3 is 23.4 Å². The minimum atomic E-state index is -0.309. The number of aryl methyl sites for hydroxylation is 1. The molecule has 0 bridgehead atoms. The second-order valence-electron chi connectivity index (χ2n) is 7.61. The molecule has 0 spiro atoms. The second kappa shape index (κ2) is 11.9. The van der Waals surface area contributed by atoms with Gasteiger partial charge in [0.15, 0.2) is 5.76 Å². The first-order valence-corrected chi connectivity index (χ1v) is 10.8. The van der Waals surface area contributed by atoms with Gasteiger partial charge in [0, 0.05) is 26.8 Å². The molecule has 0 unspecified atom stereocenters. The van der Waals surface area contributed by atoms with Crippen LogP contribution >= 0.6 is 0 Å². The fourth-order valence-electron chi connectivity index (χ4n) is 3.43. The number of hydrogen-bond acceptors (Lipinski definition) is 5. The van der Waals surface area contributed by atoms with Crippen molar-refractivity contribution in [1.29, 1.82) is 0 Å². The first kappa shape index (κ1) is 23.3. The number of benzene rings is 1. The van der Waals surface area contributed by atoms with Gasteiger partial charge in [-0.3, -0.25) is 9.59 Å². The quantitative estimate of drug-likeness (QED) is 0.401. The lowest BCUT2D eigenvalue weighted by molar-refractivity contribution is -0.132. The van der Waals surface area contributed by atoms with Gasteiger partial charge in [-0.05, 0) is 49.6 Å². The van der Waals surface area contributed by atoms with Crippen molar-refractivity contribution in [3.63, 3.8) is 0 Å². The predicted molar refractivity (Wildman–Crippen MR) is 120 cm³/mol. The summed E-state index contributed by atoms with van der Waals surface area (Å²) in [7, 11) is 1.61. The summed E-state index contributed by atoms with van der Waals surface area (Å²) in [6.07, 6.45) is 2.79. The van der Waals surface area contributed by atoms with E-state index in [1.807, 2.05) is 49.4 Å². The Hall–Kier alpha value is -3.32. The summed E-state index contributed by atoms with van der Waals surface area (Å²) < 4.78 is 16.1. The van der Waals surface area contributed by atoms with E-state index in [0.717, 1.165) is 11.3 Å². The van der Waals surface area contributed by atoms with Crippen LogP contribution in [0.2, 0.25) is 0 Å². The highest BCUT2D eigenvalue weighted by atomic mass is 16.5. The van der Waals surface area contributed by atoms with Crippen molar-refractivity contribution in [2.24, 2.45) is 0 Å². The molecule has 3 aromatic rings. The number of ether oxygens (including phenoxy) is 1. The molecule has 2 aromatic heterocycles. The Balaban J connectivity index is 1.72. The topological polar surface area (TPSA) is 76.1 Å². The SMILES string of the molecule is COCCCN(CC(=O)N(CCc1ccccc1)Cc1ccc(C)o1)C(=O)c1ccco1. The van der Waals surface area contributed by atoms with E-state index in [2.05, 4.69) is 0 Å². The van der Waals surface area contributed by atoms with Crippen LogP contribution in [0.5, 0.6) is 0 Å². The van der Waals surface area contributed by atoms with Gasteiger partial charge in [-0.25, -0.2) is 0 Å². The molecule has 0 fully saturated rings. The van der Waals surface area contributed by atoms with E-state index in [-0.39, 0.29) is 24.1 Å². The van der Waals surface area contributed by atoms with E-state index in [0.29, 0.717) is 44.8 Å². The third-order valence-corrected chi connectivity index (χ3v) is 5.13. The first-order valence-electron chi connectivity index (χ1n) is 10.8. The summed E-state index contributed by atoms with van der Waals surface area (Å²) in [5.41, 5.74) is 1.14. The van der Waals surface area contributed by atoms with Crippen LogP contribution in [0.25, 0.3) is 0 Å². The molecule has 0 aliphatic carbocycles. The monoisotopic (exact) mass is 438 g/mol. The Kier molecular flexibility index (Phi) is 8.69. The highest BCUT2D eigenvalue weighted by Gasteiger charge is 2.24. The average molecular weight is 439 g/mol. The maximum Gasteiger partial charge on any atom is 0.290 e. The Bertz CT molecular complexity index is 965. The molecule has 32 heavy (non-hydrogen) atoms. The Morgan fingerprint density at radius 2 is 1.78 bits per heavy atom. The van der Waals surface area contributed by atoms with Crippen LogP contribution in [-0.2, 0) is 22.5 Å². The highest BCUT2D eigenvalue weighted by molar-refractivity contribution is 5.94. The lowest BCUT2D eigenvalue weighted by Crippen LogP contribution is -2.43. The molecule has 1 aromatic carbocycles. The van der Waals surface area contributed by atoms with E-state index >= 15 is 0 Å². The zero-order valence-corrected chi connectivity index (χ0v) is 18.7. The first-order chi connectivity index (χ1) is 15.6. The van der Waals surface area contributed by atoms with Gasteiger partial charge >= 0.3 is 0 Å². The zero-order valence-electron chi connectivity index (χ0n) is 18.7. The Morgan fingerprint density at radius 3 is 2.44 bits per heavy atom. The van der Waals surface area contributed by atoms with Crippen molar-refractivity contribution >= 4 is 11.8 Å². The number of carbonyl (C=O) groups excluding carboxylic acids is 2. The van der Waals surface area contributed by atoms with E-state index in [4.69, 9.17) is 13.6 Å². The molecule has 3 rings (SSSR count). The Labute approximate surface area is 188 Å². The van der Waals surface area contributed by atoms with Crippen molar-refractivity contribution in [1.82, 2.24) is 9.80 Å². The number of methoxy groups -OCH3 is 1. The van der Waals surface area contributed by atoms with Crippen molar-refractivity contribution in [3.8, 4) is 0 Å². The lowest BCUT2D eigenvalue weighted by atomic mass is 10.1. The largest absolute Gasteiger partial charge is 0.464 e. The fourth-order valence-corrected chi connectivity index (χ4v) is 3.43. The number of rotatable bonds is 12. The summed E-state index contributed by atoms with van der Waals surface area (Å²) in [6.45, 7) is 3.59. The van der Waals surface area contributed by atoms with Crippen molar-refractivity contribution in [2.45, 2.75) is 26.3 Å². The molecular weight excluding hydrogens is 408 g/mol. The summed E-state index contributed by atoms with van der Waals surface area (Å²) in [5, 5.41) is 0. The maximum atomic E-state index is 13.3. The Morgan fingerprint density at radius 1 is 0.969 bits per heavy atom. The molecule has 2 heterocycles. The maximum absolute atomic E-state index is 13.3. The van der Waals surface area contributed by atoms with E-state index < -0.39 is 0 Å². The molecule has 0 aliphatic rings. The van der Waals surface area contributed by atoms with Gasteiger partial charge in [0.2, 0.25) is 5.91 Å². The standard InChI is InChI=1S/C25H30N2O5/c1-20-11-12-22(32-20)18-26(15-13-21-8-4-3-5-9-21)24(28)19-27(14-7-16-30-2)25(29)23-10-6-17-31-23/h3-6,8-12,17H,7,13-16,18-19H2,1-2H3. The number of hydrogen-bond donors (Lipinski definition) is 0. The van der Waals surface area contributed by atoms with Gasteiger partial charge in [0.1, 0.15) is 18.1 Å². The highest BCUT2D eigenvalue weighted by Crippen LogP contribution is 2.13. The third kappa shape index (κ3) is 6.85. The van der Waals surface area contributed by atoms with E-state index in [1.165, 1.54) is 11.2 Å². The number of amides is 2. The number of carbonyl (C=O) groups is 2. The van der Waals surface area contributed by atoms with Gasteiger partial charge in [0.05, 0.1) is 12.8 Å². The third-order valence-electron chi connectivity index (χ3n) is 5.13. The van der Waals surface area contributed by atoms with Crippen LogP contribution in [0, 0.1) is 6.92 Å². The van der Waals surface area contributed by atoms with E-state index in [1.54, 1.807) is 24.1 Å². The second-order valence-corrected chi connectivity index (χ2v) is 7.61. The average Bonchev–Trinajstić information content (AvgIpc) is 3.48. The van der Waals surface area contributed by atoms with Crippen LogP contribution < -0.4 is 0 Å². The summed E-state index contributed by atoms with van der Waals surface area (Å²) in [6, 6.07) is 17.0. The summed E-state index contributed by atoms with van der Waals surface area (Å²) in [5.74, 6) is 1.27. The molecule has 7 nitrogen and oxygen atoms in total. The summed E-state index contributed by atoms with van der Waals surface area (Å²) >= 11 is 0. The lowest BCUT2D eigenvalue weighted by Gasteiger charge is -2.27. The van der Waals surface area contributed by atoms with Gasteiger partial charge in [-0.1, -0.05) is 30.3 Å². The molecule has 0 saturated carbocycles. The van der Waals surface area contributed by atoms with Crippen LogP contribution in [0.1, 0.15) is 34.1 Å². The molecule has 0 N–H and O–H groups in total. The van der Waals surface area contributed by atoms with Crippen molar-refractivity contribution in [3.05, 3.63) is 83.7 Å². The minimum Gasteiger partial charge on any atom is -0.464 e.